The molecule has 112 valence electrons. The van der Waals surface area contributed by atoms with Gasteiger partial charge in [0.15, 0.2) is 0 Å². The van der Waals surface area contributed by atoms with Gasteiger partial charge in [0.2, 0.25) is 0 Å². The van der Waals surface area contributed by atoms with Crippen LogP contribution in [0.2, 0.25) is 0 Å². The molecule has 0 saturated heterocycles. The first kappa shape index (κ1) is 16.3. The highest BCUT2D eigenvalue weighted by Gasteiger charge is 2.10. The van der Waals surface area contributed by atoms with Gasteiger partial charge in [-0.15, -0.1) is 0 Å². The Labute approximate surface area is 120 Å². The van der Waals surface area contributed by atoms with Crippen LogP contribution in [-0.2, 0) is 4.74 Å². The van der Waals surface area contributed by atoms with Crippen molar-refractivity contribution in [2.45, 2.75) is 19.8 Å². The van der Waals surface area contributed by atoms with E-state index in [2.05, 4.69) is 6.92 Å². The molecule has 2 N–H and O–H groups in total. The third kappa shape index (κ3) is 5.48. The molecular formula is C15H24N2O3. The molecule has 0 aliphatic rings. The van der Waals surface area contributed by atoms with Gasteiger partial charge in [0.25, 0.3) is 0 Å². The fourth-order valence-electron chi connectivity index (χ4n) is 1.54. The lowest BCUT2D eigenvalue weighted by molar-refractivity contribution is 0.0482. The number of hydrogen-bond acceptors (Lipinski definition) is 5. The summed E-state index contributed by atoms with van der Waals surface area (Å²) in [5.41, 5.74) is 6.79. The minimum Gasteiger partial charge on any atom is -0.491 e. The predicted octanol–water partition coefficient (Wildman–Crippen LogP) is 2.17. The number of nitrogen functional groups attached to an aromatic ring is 1. The van der Waals surface area contributed by atoms with Gasteiger partial charge in [-0.05, 0) is 38.7 Å². The van der Waals surface area contributed by atoms with Gasteiger partial charge in [-0.25, -0.2) is 4.79 Å². The number of benzene rings is 1. The van der Waals surface area contributed by atoms with Crippen molar-refractivity contribution < 1.29 is 14.3 Å². The van der Waals surface area contributed by atoms with Crippen LogP contribution >= 0.6 is 0 Å². The summed E-state index contributed by atoms with van der Waals surface area (Å²) in [5, 5.41) is 0. The van der Waals surface area contributed by atoms with Crippen molar-refractivity contribution in [3.63, 3.8) is 0 Å². The quantitative estimate of drug-likeness (QED) is 0.449. The minimum atomic E-state index is -0.362. The van der Waals surface area contributed by atoms with E-state index in [-0.39, 0.29) is 5.97 Å². The molecule has 0 saturated carbocycles. The Morgan fingerprint density at radius 1 is 1.30 bits per heavy atom. The Morgan fingerprint density at radius 3 is 2.65 bits per heavy atom. The molecule has 0 atom stereocenters. The molecule has 20 heavy (non-hydrogen) atoms. The molecule has 0 spiro atoms. The number of unbranched alkanes of at least 4 members (excludes halogenated alkanes) is 1. The molecule has 0 radical (unpaired) electrons. The van der Waals surface area contributed by atoms with Gasteiger partial charge >= 0.3 is 5.97 Å². The zero-order valence-corrected chi connectivity index (χ0v) is 12.5. The van der Waals surface area contributed by atoms with E-state index in [1.165, 1.54) is 0 Å². The second kappa shape index (κ2) is 8.43. The monoisotopic (exact) mass is 280 g/mol. The van der Waals surface area contributed by atoms with Crippen molar-refractivity contribution in [1.82, 2.24) is 4.90 Å². The molecule has 0 amide bonds. The van der Waals surface area contributed by atoms with Crippen LogP contribution in [0.4, 0.5) is 5.69 Å². The highest BCUT2D eigenvalue weighted by Crippen LogP contribution is 2.23. The molecule has 5 heteroatoms. The van der Waals surface area contributed by atoms with Crippen molar-refractivity contribution in [1.29, 1.82) is 0 Å². The molecule has 0 bridgehead atoms. The lowest BCUT2D eigenvalue weighted by Gasteiger charge is -2.11. The fraction of sp³-hybridized carbons (Fsp3) is 0.533. The number of carbonyl (C=O) groups excluding carboxylic acids is 1. The maximum atomic E-state index is 11.8. The fourth-order valence-corrected chi connectivity index (χ4v) is 1.54. The molecule has 0 aromatic heterocycles. The van der Waals surface area contributed by atoms with Gasteiger partial charge in [-0.1, -0.05) is 13.3 Å². The third-order valence-electron chi connectivity index (χ3n) is 2.77. The summed E-state index contributed by atoms with van der Waals surface area (Å²) in [7, 11) is 3.85. The number of ether oxygens (including phenoxy) is 2. The van der Waals surface area contributed by atoms with E-state index in [9.17, 15) is 4.79 Å². The summed E-state index contributed by atoms with van der Waals surface area (Å²) < 4.78 is 10.7. The molecule has 0 heterocycles. The van der Waals surface area contributed by atoms with Crippen LogP contribution in [0.15, 0.2) is 18.2 Å². The topological polar surface area (TPSA) is 64.8 Å². The number of anilines is 1. The summed E-state index contributed by atoms with van der Waals surface area (Å²) in [6, 6.07) is 4.99. The standard InChI is InChI=1S/C15H24N2O3/c1-4-5-9-19-14-7-6-12(11-13(14)16)15(18)20-10-8-17(2)3/h6-7,11H,4-5,8-10,16H2,1-3H3. The zero-order chi connectivity index (χ0) is 15.0. The first-order chi connectivity index (χ1) is 9.54. The molecule has 1 aromatic carbocycles. The normalized spacial score (nSPS) is 10.6. The van der Waals surface area contributed by atoms with Gasteiger partial charge in [0, 0.05) is 6.54 Å². The molecule has 0 unspecified atom stereocenters. The van der Waals surface area contributed by atoms with Crippen molar-refractivity contribution in [3.05, 3.63) is 23.8 Å². The van der Waals surface area contributed by atoms with Gasteiger partial charge < -0.3 is 20.1 Å². The van der Waals surface area contributed by atoms with E-state index in [1.807, 2.05) is 19.0 Å². The van der Waals surface area contributed by atoms with E-state index in [4.69, 9.17) is 15.2 Å². The second-order valence-corrected chi connectivity index (χ2v) is 4.89. The predicted molar refractivity (Wildman–Crippen MR) is 80.1 cm³/mol. The van der Waals surface area contributed by atoms with Gasteiger partial charge in [0.05, 0.1) is 17.9 Å². The first-order valence-corrected chi connectivity index (χ1v) is 6.88. The second-order valence-electron chi connectivity index (χ2n) is 4.89. The zero-order valence-electron chi connectivity index (χ0n) is 12.5. The number of rotatable bonds is 8. The number of likely N-dealkylation sites (N-methyl/N-ethyl adjacent to an activating group) is 1. The van der Waals surface area contributed by atoms with Crippen LogP contribution < -0.4 is 10.5 Å². The van der Waals surface area contributed by atoms with Crippen LogP contribution in [0, 0.1) is 0 Å². The van der Waals surface area contributed by atoms with Crippen molar-refractivity contribution in [2.24, 2.45) is 0 Å². The van der Waals surface area contributed by atoms with Crippen LogP contribution in [-0.4, -0.2) is 44.7 Å². The largest absolute Gasteiger partial charge is 0.491 e. The number of nitrogens with two attached hydrogens (primary N) is 1. The van der Waals surface area contributed by atoms with Crippen molar-refractivity contribution in [3.8, 4) is 5.75 Å². The number of carbonyl (C=O) groups is 1. The highest BCUT2D eigenvalue weighted by molar-refractivity contribution is 5.91. The van der Waals surface area contributed by atoms with Crippen LogP contribution in [0.3, 0.4) is 0 Å². The Balaban J connectivity index is 2.55. The summed E-state index contributed by atoms with van der Waals surface area (Å²) in [5.74, 6) is 0.252. The number of nitrogens with zero attached hydrogens (tertiary/aromatic N) is 1. The summed E-state index contributed by atoms with van der Waals surface area (Å²) in [6.45, 7) is 3.78. The SMILES string of the molecule is CCCCOc1ccc(C(=O)OCCN(C)C)cc1N. The van der Waals surface area contributed by atoms with E-state index in [0.29, 0.717) is 36.8 Å². The first-order valence-electron chi connectivity index (χ1n) is 6.88. The Hall–Kier alpha value is -1.75. The smallest absolute Gasteiger partial charge is 0.338 e. The maximum Gasteiger partial charge on any atom is 0.338 e. The lowest BCUT2D eigenvalue weighted by atomic mass is 10.2. The van der Waals surface area contributed by atoms with E-state index in [1.54, 1.807) is 18.2 Å². The molecule has 1 aromatic rings. The summed E-state index contributed by atoms with van der Waals surface area (Å²) in [6.07, 6.45) is 2.05. The van der Waals surface area contributed by atoms with Crippen LogP contribution in [0.25, 0.3) is 0 Å². The lowest BCUT2D eigenvalue weighted by Crippen LogP contribution is -2.20. The average Bonchev–Trinajstić information content (AvgIpc) is 2.40. The highest BCUT2D eigenvalue weighted by atomic mass is 16.5. The third-order valence-corrected chi connectivity index (χ3v) is 2.77. The Morgan fingerprint density at radius 2 is 2.05 bits per heavy atom. The molecule has 0 fully saturated rings. The minimum absolute atomic E-state index is 0.362. The van der Waals surface area contributed by atoms with Crippen molar-refractivity contribution in [2.75, 3.05) is 39.6 Å². The number of hydrogen-bond donors (Lipinski definition) is 1. The Bertz CT molecular complexity index is 433. The molecule has 1 rings (SSSR count). The molecular weight excluding hydrogens is 256 g/mol. The van der Waals surface area contributed by atoms with E-state index in [0.717, 1.165) is 12.8 Å². The van der Waals surface area contributed by atoms with Crippen LogP contribution in [0.1, 0.15) is 30.1 Å². The van der Waals surface area contributed by atoms with Gasteiger partial charge in [-0.3, -0.25) is 0 Å². The molecule has 0 aliphatic carbocycles. The molecule has 5 nitrogen and oxygen atoms in total. The maximum absolute atomic E-state index is 11.8. The Kier molecular flexibility index (Phi) is 6.87. The number of esters is 1. The van der Waals surface area contributed by atoms with Gasteiger partial charge in [-0.2, -0.15) is 0 Å². The van der Waals surface area contributed by atoms with E-state index >= 15 is 0 Å². The molecule has 0 aliphatic heterocycles. The summed E-state index contributed by atoms with van der Waals surface area (Å²) in [4.78, 5) is 13.8. The van der Waals surface area contributed by atoms with Gasteiger partial charge in [0.1, 0.15) is 12.4 Å². The van der Waals surface area contributed by atoms with Crippen molar-refractivity contribution >= 4 is 11.7 Å². The van der Waals surface area contributed by atoms with Crippen LogP contribution in [0.5, 0.6) is 5.75 Å². The van der Waals surface area contributed by atoms with E-state index < -0.39 is 0 Å². The summed E-state index contributed by atoms with van der Waals surface area (Å²) >= 11 is 0. The average molecular weight is 280 g/mol.